The van der Waals surface area contributed by atoms with Gasteiger partial charge < -0.3 is 5.32 Å². The zero-order valence-corrected chi connectivity index (χ0v) is 12.0. The first-order chi connectivity index (χ1) is 8.95. The third-order valence-corrected chi connectivity index (χ3v) is 5.59. The molecule has 1 aromatic rings. The highest BCUT2D eigenvalue weighted by molar-refractivity contribution is 5.49. The summed E-state index contributed by atoms with van der Waals surface area (Å²) in [6.45, 7) is 7.25. The van der Waals surface area contributed by atoms with Gasteiger partial charge in [0.2, 0.25) is 0 Å². The summed E-state index contributed by atoms with van der Waals surface area (Å²) >= 11 is 0. The lowest BCUT2D eigenvalue weighted by Gasteiger charge is -2.43. The second-order valence-corrected chi connectivity index (χ2v) is 7.18. The molecule has 0 amide bonds. The van der Waals surface area contributed by atoms with Crippen molar-refractivity contribution < 1.29 is 0 Å². The van der Waals surface area contributed by atoms with Crippen molar-refractivity contribution in [3.63, 3.8) is 0 Å². The van der Waals surface area contributed by atoms with Crippen LogP contribution in [0.25, 0.3) is 0 Å². The maximum Gasteiger partial charge on any atom is 0.0991 e. The summed E-state index contributed by atoms with van der Waals surface area (Å²) in [6.07, 6.45) is 4.08. The van der Waals surface area contributed by atoms with Crippen LogP contribution < -0.4 is 5.32 Å². The predicted molar refractivity (Wildman–Crippen MR) is 77.8 cm³/mol. The van der Waals surface area contributed by atoms with Crippen LogP contribution in [0.3, 0.4) is 0 Å². The number of benzene rings is 1. The van der Waals surface area contributed by atoms with Gasteiger partial charge in [-0.25, -0.2) is 0 Å². The first-order valence-corrected chi connectivity index (χ1v) is 7.22. The lowest BCUT2D eigenvalue weighted by molar-refractivity contribution is 0.155. The van der Waals surface area contributed by atoms with E-state index in [1.165, 1.54) is 19.3 Å². The summed E-state index contributed by atoms with van der Waals surface area (Å²) in [5.41, 5.74) is 2.66. The number of nitrogens with one attached hydrogen (secondary N) is 1. The third kappa shape index (κ3) is 1.84. The Balaban J connectivity index is 1.84. The van der Waals surface area contributed by atoms with Crippen molar-refractivity contribution in [2.45, 2.75) is 46.1 Å². The molecule has 2 aliphatic carbocycles. The Bertz CT molecular complexity index is 518. The van der Waals surface area contributed by atoms with E-state index in [-0.39, 0.29) is 0 Å². The zero-order chi connectivity index (χ0) is 13.7. The van der Waals surface area contributed by atoms with Gasteiger partial charge >= 0.3 is 0 Å². The van der Waals surface area contributed by atoms with Crippen molar-refractivity contribution in [3.8, 4) is 6.07 Å². The Morgan fingerprint density at radius 2 is 1.89 bits per heavy atom. The molecule has 0 radical (unpaired) electrons. The lowest BCUT2D eigenvalue weighted by atomic mass is 9.68. The van der Waals surface area contributed by atoms with Gasteiger partial charge in [-0.3, -0.25) is 0 Å². The van der Waals surface area contributed by atoms with Crippen LogP contribution in [-0.2, 0) is 0 Å². The molecule has 1 aromatic carbocycles. The van der Waals surface area contributed by atoms with Gasteiger partial charge in [-0.05, 0) is 60.3 Å². The van der Waals surface area contributed by atoms with Crippen LogP contribution in [-0.4, -0.2) is 6.04 Å². The minimum absolute atomic E-state index is 0.362. The number of hydrogen-bond donors (Lipinski definition) is 1. The molecule has 0 aromatic heterocycles. The van der Waals surface area contributed by atoms with E-state index in [9.17, 15) is 0 Å². The van der Waals surface area contributed by atoms with Crippen molar-refractivity contribution in [2.75, 3.05) is 5.32 Å². The highest BCUT2D eigenvalue weighted by atomic mass is 15.0. The van der Waals surface area contributed by atoms with Crippen molar-refractivity contribution in [1.82, 2.24) is 0 Å². The Morgan fingerprint density at radius 1 is 1.21 bits per heavy atom. The molecule has 2 fully saturated rings. The van der Waals surface area contributed by atoms with Crippen LogP contribution in [0.15, 0.2) is 24.3 Å². The van der Waals surface area contributed by atoms with Gasteiger partial charge in [0, 0.05) is 11.7 Å². The molecule has 2 nitrogen and oxygen atoms in total. The van der Waals surface area contributed by atoms with Crippen LogP contribution in [0.2, 0.25) is 0 Å². The Morgan fingerprint density at radius 3 is 2.42 bits per heavy atom. The van der Waals surface area contributed by atoms with E-state index in [2.05, 4.69) is 32.2 Å². The molecule has 0 heterocycles. The standard InChI is InChI=1S/C17H22N2/c1-16(2)13-8-9-17(3,10-13)15(16)19-14-6-4-12(11-18)5-7-14/h4-7,13,15,19H,8-10H2,1-3H3. The molecule has 100 valence electrons. The van der Waals surface area contributed by atoms with E-state index < -0.39 is 0 Å². The second kappa shape index (κ2) is 4.00. The molecule has 0 aliphatic heterocycles. The van der Waals surface area contributed by atoms with Gasteiger partial charge in [0.1, 0.15) is 0 Å². The van der Waals surface area contributed by atoms with Gasteiger partial charge in [0.15, 0.2) is 0 Å². The average molecular weight is 254 g/mol. The van der Waals surface area contributed by atoms with Crippen molar-refractivity contribution >= 4 is 5.69 Å². The van der Waals surface area contributed by atoms with Gasteiger partial charge in [-0.2, -0.15) is 5.26 Å². The molecular weight excluding hydrogens is 232 g/mol. The highest BCUT2D eigenvalue weighted by Gasteiger charge is 2.59. The van der Waals surface area contributed by atoms with Crippen LogP contribution in [0.1, 0.15) is 45.6 Å². The molecule has 3 rings (SSSR count). The summed E-state index contributed by atoms with van der Waals surface area (Å²) in [6, 6.07) is 10.6. The van der Waals surface area contributed by atoms with Crippen molar-refractivity contribution in [3.05, 3.63) is 29.8 Å². The lowest BCUT2D eigenvalue weighted by Crippen LogP contribution is -2.45. The highest BCUT2D eigenvalue weighted by Crippen LogP contribution is 2.63. The van der Waals surface area contributed by atoms with E-state index in [0.717, 1.165) is 17.2 Å². The van der Waals surface area contributed by atoms with Crippen LogP contribution >= 0.6 is 0 Å². The number of anilines is 1. The minimum Gasteiger partial charge on any atom is -0.381 e. The van der Waals surface area contributed by atoms with E-state index in [1.54, 1.807) is 0 Å². The first kappa shape index (κ1) is 12.5. The molecular formula is C17H22N2. The maximum atomic E-state index is 8.85. The Hall–Kier alpha value is -1.49. The fourth-order valence-corrected chi connectivity index (χ4v) is 4.47. The maximum absolute atomic E-state index is 8.85. The fraction of sp³-hybridized carbons (Fsp3) is 0.588. The van der Waals surface area contributed by atoms with E-state index in [1.807, 2.05) is 24.3 Å². The average Bonchev–Trinajstić information content (AvgIpc) is 2.87. The van der Waals surface area contributed by atoms with Crippen molar-refractivity contribution in [1.29, 1.82) is 5.26 Å². The molecule has 2 aliphatic rings. The SMILES string of the molecule is CC12CCC(C1)C(C)(C)C2Nc1ccc(C#N)cc1. The minimum atomic E-state index is 0.362. The summed E-state index contributed by atoms with van der Waals surface area (Å²) in [5, 5.41) is 12.6. The molecule has 2 bridgehead atoms. The monoisotopic (exact) mass is 254 g/mol. The number of nitrogens with zero attached hydrogens (tertiary/aromatic N) is 1. The molecule has 19 heavy (non-hydrogen) atoms. The van der Waals surface area contributed by atoms with Crippen LogP contribution in [0.5, 0.6) is 0 Å². The zero-order valence-electron chi connectivity index (χ0n) is 12.0. The largest absolute Gasteiger partial charge is 0.381 e. The summed E-state index contributed by atoms with van der Waals surface area (Å²) < 4.78 is 0. The van der Waals surface area contributed by atoms with Crippen LogP contribution in [0, 0.1) is 28.1 Å². The molecule has 1 N–H and O–H groups in total. The summed E-state index contributed by atoms with van der Waals surface area (Å²) in [5.74, 6) is 0.855. The van der Waals surface area contributed by atoms with Gasteiger partial charge in [-0.1, -0.05) is 20.8 Å². The number of fused-ring (bicyclic) bond motifs is 2. The third-order valence-electron chi connectivity index (χ3n) is 5.59. The van der Waals surface area contributed by atoms with E-state index in [0.29, 0.717) is 16.9 Å². The quantitative estimate of drug-likeness (QED) is 0.859. The second-order valence-electron chi connectivity index (χ2n) is 7.18. The Labute approximate surface area is 115 Å². The normalized spacial score (nSPS) is 35.1. The van der Waals surface area contributed by atoms with E-state index >= 15 is 0 Å². The van der Waals surface area contributed by atoms with Gasteiger partial charge in [0.05, 0.1) is 11.6 Å². The number of hydrogen-bond acceptors (Lipinski definition) is 2. The summed E-state index contributed by atoms with van der Waals surface area (Å²) in [7, 11) is 0. The molecule has 2 saturated carbocycles. The molecule has 2 heteroatoms. The molecule has 3 unspecified atom stereocenters. The topological polar surface area (TPSA) is 35.8 Å². The molecule has 0 spiro atoms. The first-order valence-electron chi connectivity index (χ1n) is 7.22. The van der Waals surface area contributed by atoms with Gasteiger partial charge in [0.25, 0.3) is 0 Å². The fourth-order valence-electron chi connectivity index (χ4n) is 4.47. The molecule has 3 atom stereocenters. The van der Waals surface area contributed by atoms with Crippen LogP contribution in [0.4, 0.5) is 5.69 Å². The number of nitriles is 1. The smallest absolute Gasteiger partial charge is 0.0991 e. The predicted octanol–water partition coefficient (Wildman–Crippen LogP) is 4.18. The Kier molecular flexibility index (Phi) is 2.64. The summed E-state index contributed by atoms with van der Waals surface area (Å²) in [4.78, 5) is 0. The van der Waals surface area contributed by atoms with E-state index in [4.69, 9.17) is 5.26 Å². The number of rotatable bonds is 2. The van der Waals surface area contributed by atoms with Gasteiger partial charge in [-0.15, -0.1) is 0 Å². The van der Waals surface area contributed by atoms with Crippen molar-refractivity contribution in [2.24, 2.45) is 16.7 Å². The molecule has 0 saturated heterocycles.